The lowest BCUT2D eigenvalue weighted by Crippen LogP contribution is -1.97. The molecule has 8 heteroatoms. The lowest BCUT2D eigenvalue weighted by molar-refractivity contribution is 0.550. The number of benzene rings is 2. The number of aliphatic imine (C=N–C) groups is 4. The minimum Gasteiger partial charge on any atom is -0.211 e. The molecule has 0 aliphatic rings. The van der Waals surface area contributed by atoms with Crippen LogP contribution in [-0.2, 0) is 25.6 Å². The summed E-state index contributed by atoms with van der Waals surface area (Å²) in [6, 6.07) is 14.1. The maximum Gasteiger partial charge on any atom is 0.237 e. The molecule has 0 saturated heterocycles. The lowest BCUT2D eigenvalue weighted by Gasteiger charge is -2.09. The third kappa shape index (κ3) is 5.48. The van der Waals surface area contributed by atoms with Crippen LogP contribution < -0.4 is 0 Å². The van der Waals surface area contributed by atoms with Crippen molar-refractivity contribution in [3.63, 3.8) is 0 Å². The third-order valence-electron chi connectivity index (χ3n) is 3.61. The molecule has 0 amide bonds. The molecule has 0 heterocycles. The molecule has 0 fully saturated rings. The Hall–Kier alpha value is -4.04. The van der Waals surface area contributed by atoms with Gasteiger partial charge in [-0.1, -0.05) is 48.5 Å². The van der Waals surface area contributed by atoms with Crippen LogP contribution in [0.2, 0.25) is 0 Å². The van der Waals surface area contributed by atoms with E-state index < -0.39 is 12.3 Å². The highest BCUT2D eigenvalue weighted by Crippen LogP contribution is 2.23. The van der Waals surface area contributed by atoms with Gasteiger partial charge in [0.1, 0.15) is 0 Å². The predicted molar refractivity (Wildman–Crippen MR) is 93.7 cm³/mol. The fraction of sp³-hybridized carbons (Fsp3) is 0.158. The number of nitrogens with zero attached hydrogens (tertiary/aromatic N) is 4. The fourth-order valence-electron chi connectivity index (χ4n) is 2.52. The van der Waals surface area contributed by atoms with Crippen molar-refractivity contribution < 1.29 is 19.2 Å². The van der Waals surface area contributed by atoms with Gasteiger partial charge in [-0.2, -0.15) is 20.0 Å². The molecule has 0 aromatic heterocycles. The first-order valence-electron chi connectivity index (χ1n) is 7.67. The second-order valence-electron chi connectivity index (χ2n) is 5.30. The van der Waals surface area contributed by atoms with Crippen LogP contribution in [-0.4, -0.2) is 24.3 Å². The van der Waals surface area contributed by atoms with Gasteiger partial charge in [0, 0.05) is 11.1 Å². The van der Waals surface area contributed by atoms with E-state index in [1.54, 1.807) is 36.4 Å². The monoisotopic (exact) mass is 360 g/mol. The van der Waals surface area contributed by atoms with Gasteiger partial charge in [0.2, 0.25) is 24.3 Å². The molecule has 2 rings (SSSR count). The smallest absolute Gasteiger partial charge is 0.211 e. The molecule has 2 aromatic rings. The Kier molecular flexibility index (Phi) is 7.19. The average Bonchev–Trinajstić information content (AvgIpc) is 2.68. The number of isocyanates is 4. The minimum absolute atomic E-state index is 0.492. The molecule has 0 spiro atoms. The molecule has 0 aliphatic carbocycles. The van der Waals surface area contributed by atoms with Gasteiger partial charge < -0.3 is 0 Å². The number of hydrogen-bond acceptors (Lipinski definition) is 8. The normalized spacial score (nSPS) is 11.6. The average molecular weight is 360 g/mol. The molecule has 2 aromatic carbocycles. The van der Waals surface area contributed by atoms with Crippen molar-refractivity contribution >= 4 is 24.3 Å². The minimum atomic E-state index is -0.987. The summed E-state index contributed by atoms with van der Waals surface area (Å²) in [5.41, 5.74) is 2.83. The summed E-state index contributed by atoms with van der Waals surface area (Å²) in [7, 11) is 0. The zero-order chi connectivity index (χ0) is 19.5. The Bertz CT molecular complexity index is 892. The van der Waals surface area contributed by atoms with Gasteiger partial charge in [-0.3, -0.25) is 0 Å². The largest absolute Gasteiger partial charge is 0.237 e. The fourth-order valence-corrected chi connectivity index (χ4v) is 2.52. The van der Waals surface area contributed by atoms with Gasteiger partial charge in [-0.05, 0) is 17.5 Å². The van der Waals surface area contributed by atoms with Crippen LogP contribution in [0.15, 0.2) is 68.5 Å². The van der Waals surface area contributed by atoms with Gasteiger partial charge in [0.15, 0.2) is 12.3 Å². The van der Waals surface area contributed by atoms with Crippen molar-refractivity contribution in [3.05, 3.63) is 70.8 Å². The Morgan fingerprint density at radius 1 is 0.630 bits per heavy atom. The number of carbonyl (C=O) groups excluding carboxylic acids is 4. The Balaban J connectivity index is 2.32. The zero-order valence-electron chi connectivity index (χ0n) is 13.9. The van der Waals surface area contributed by atoms with E-state index in [0.717, 1.165) is 11.1 Å². The summed E-state index contributed by atoms with van der Waals surface area (Å²) in [4.78, 5) is 55.9. The van der Waals surface area contributed by atoms with Crippen molar-refractivity contribution in [2.24, 2.45) is 20.0 Å². The molecule has 0 N–H and O–H groups in total. The van der Waals surface area contributed by atoms with Gasteiger partial charge in [0.25, 0.3) is 0 Å². The first kappa shape index (κ1) is 19.3. The first-order chi connectivity index (χ1) is 13.2. The molecule has 0 saturated carbocycles. The van der Waals surface area contributed by atoms with Crippen LogP contribution in [0, 0.1) is 0 Å². The van der Waals surface area contributed by atoms with Crippen molar-refractivity contribution in [3.8, 4) is 0 Å². The molecule has 27 heavy (non-hydrogen) atoms. The third-order valence-corrected chi connectivity index (χ3v) is 3.61. The maximum atomic E-state index is 10.5. The van der Waals surface area contributed by atoms with Crippen molar-refractivity contribution in [2.45, 2.75) is 18.8 Å². The van der Waals surface area contributed by atoms with Crippen LogP contribution in [0.4, 0.5) is 0 Å². The summed E-state index contributed by atoms with van der Waals surface area (Å²) < 4.78 is 0. The number of hydrogen-bond donors (Lipinski definition) is 0. The van der Waals surface area contributed by atoms with Gasteiger partial charge in [-0.15, -0.1) is 0 Å². The molecule has 0 radical (unpaired) electrons. The molecule has 132 valence electrons. The zero-order valence-corrected chi connectivity index (χ0v) is 13.9. The maximum absolute atomic E-state index is 10.5. The van der Waals surface area contributed by atoms with E-state index in [4.69, 9.17) is 0 Å². The Morgan fingerprint density at radius 3 is 1.33 bits per heavy atom. The van der Waals surface area contributed by atoms with Crippen molar-refractivity contribution in [1.82, 2.24) is 0 Å². The predicted octanol–water partition coefficient (Wildman–Crippen LogP) is 2.62. The van der Waals surface area contributed by atoms with E-state index in [-0.39, 0.29) is 0 Å². The van der Waals surface area contributed by atoms with Crippen molar-refractivity contribution in [1.29, 1.82) is 0 Å². The summed E-state index contributed by atoms with van der Waals surface area (Å²) >= 11 is 0. The van der Waals surface area contributed by atoms with Crippen molar-refractivity contribution in [2.75, 3.05) is 0 Å². The molecule has 0 atom stereocenters. The molecule has 8 nitrogen and oxygen atoms in total. The number of rotatable bonds is 8. The SMILES string of the molecule is O=C=NC(N=C=O)c1cccc(Cc2cccc(C(N=C=O)N=C=O)c2)c1. The van der Waals surface area contributed by atoms with Gasteiger partial charge in [-0.25, -0.2) is 19.2 Å². The Labute approximate surface area is 153 Å². The van der Waals surface area contributed by atoms with Crippen LogP contribution in [0.1, 0.15) is 34.6 Å². The molecule has 0 unspecified atom stereocenters. The van der Waals surface area contributed by atoms with E-state index in [0.29, 0.717) is 17.5 Å². The second kappa shape index (κ2) is 10.1. The van der Waals surface area contributed by atoms with E-state index in [2.05, 4.69) is 20.0 Å². The first-order valence-corrected chi connectivity index (χ1v) is 7.67. The summed E-state index contributed by atoms with van der Waals surface area (Å²) in [6.45, 7) is 0. The van der Waals surface area contributed by atoms with Crippen LogP contribution in [0.3, 0.4) is 0 Å². The highest BCUT2D eigenvalue weighted by molar-refractivity contribution is 5.42. The quantitative estimate of drug-likeness (QED) is 0.531. The molecule has 0 aliphatic heterocycles. The summed E-state index contributed by atoms with van der Waals surface area (Å²) in [6.07, 6.45) is 4.05. The summed E-state index contributed by atoms with van der Waals surface area (Å²) in [5.74, 6) is 0. The molecular weight excluding hydrogens is 348 g/mol. The van der Waals surface area contributed by atoms with Crippen LogP contribution in [0.25, 0.3) is 0 Å². The van der Waals surface area contributed by atoms with E-state index >= 15 is 0 Å². The molecular formula is C19H12N4O4. The standard InChI is InChI=1S/C19H12N4O4/c24-10-20-18(21-11-25)16-5-1-3-14(8-16)7-15-4-2-6-17(9-15)19(22-12-26)23-13-27/h1-6,8-9,18-19H,7H2. The van der Waals surface area contributed by atoms with E-state index in [9.17, 15) is 19.2 Å². The molecule has 0 bridgehead atoms. The summed E-state index contributed by atoms with van der Waals surface area (Å²) in [5, 5.41) is 0. The van der Waals surface area contributed by atoms with E-state index in [1.165, 1.54) is 24.3 Å². The van der Waals surface area contributed by atoms with Gasteiger partial charge in [0.05, 0.1) is 0 Å². The van der Waals surface area contributed by atoms with Crippen LogP contribution >= 0.6 is 0 Å². The Morgan fingerprint density at radius 2 is 1.00 bits per heavy atom. The topological polar surface area (TPSA) is 118 Å². The van der Waals surface area contributed by atoms with E-state index in [1.807, 2.05) is 12.1 Å². The lowest BCUT2D eigenvalue weighted by atomic mass is 10.00. The van der Waals surface area contributed by atoms with Gasteiger partial charge >= 0.3 is 0 Å². The second-order valence-corrected chi connectivity index (χ2v) is 5.30. The highest BCUT2D eigenvalue weighted by atomic mass is 16.1. The highest BCUT2D eigenvalue weighted by Gasteiger charge is 2.11. The van der Waals surface area contributed by atoms with Crippen LogP contribution in [0.5, 0.6) is 0 Å².